The average molecular weight is 308 g/mol. The van der Waals surface area contributed by atoms with Crippen molar-refractivity contribution >= 4 is 28.4 Å². The molecular weight excluding hydrogens is 290 g/mol. The predicted molar refractivity (Wildman–Crippen MR) is 81.7 cm³/mol. The first-order valence-electron chi connectivity index (χ1n) is 7.09. The zero-order chi connectivity index (χ0) is 15.0. The van der Waals surface area contributed by atoms with Gasteiger partial charge in [-0.25, -0.2) is 0 Å². The van der Waals surface area contributed by atoms with Crippen LogP contribution < -0.4 is 0 Å². The lowest BCUT2D eigenvalue weighted by Crippen LogP contribution is -2.51. The number of ether oxygens (including phenoxy) is 1. The van der Waals surface area contributed by atoms with Crippen LogP contribution in [0.1, 0.15) is 30.6 Å². The van der Waals surface area contributed by atoms with Crippen LogP contribution in [0.2, 0.25) is 5.02 Å². The fraction of sp³-hybridized carbons (Fsp3) is 0.467. The standard InChI is InChI=1S/C15H18ClN3O2/c1-3-15(2)9-19(6-7-21-15)14(20)12-11(16)5-4-10-8-17-18-13(10)12/h4-5,8H,3,6-7,9H2,1-2H3,(H,17,18). The number of rotatable bonds is 2. The highest BCUT2D eigenvalue weighted by Gasteiger charge is 2.34. The maximum Gasteiger partial charge on any atom is 0.257 e. The molecular formula is C15H18ClN3O2. The summed E-state index contributed by atoms with van der Waals surface area (Å²) in [7, 11) is 0. The topological polar surface area (TPSA) is 58.2 Å². The Morgan fingerprint density at radius 2 is 2.38 bits per heavy atom. The molecule has 1 N–H and O–H groups in total. The highest BCUT2D eigenvalue weighted by Crippen LogP contribution is 2.28. The fourth-order valence-electron chi connectivity index (χ4n) is 2.67. The Morgan fingerprint density at radius 3 is 3.14 bits per heavy atom. The van der Waals surface area contributed by atoms with Gasteiger partial charge in [-0.2, -0.15) is 5.10 Å². The molecule has 0 bridgehead atoms. The molecule has 21 heavy (non-hydrogen) atoms. The van der Waals surface area contributed by atoms with Crippen LogP contribution in [-0.2, 0) is 4.74 Å². The van der Waals surface area contributed by atoms with Gasteiger partial charge < -0.3 is 9.64 Å². The molecule has 1 aromatic heterocycles. The van der Waals surface area contributed by atoms with E-state index in [1.165, 1.54) is 0 Å². The highest BCUT2D eigenvalue weighted by atomic mass is 35.5. The number of carbonyl (C=O) groups excluding carboxylic acids is 1. The molecule has 1 amide bonds. The molecule has 1 aliphatic rings. The first-order valence-corrected chi connectivity index (χ1v) is 7.47. The Bertz CT molecular complexity index is 685. The van der Waals surface area contributed by atoms with Gasteiger partial charge in [-0.3, -0.25) is 9.89 Å². The first-order chi connectivity index (χ1) is 10.0. The van der Waals surface area contributed by atoms with Crippen LogP contribution in [0.25, 0.3) is 10.9 Å². The van der Waals surface area contributed by atoms with Crippen molar-refractivity contribution in [1.29, 1.82) is 0 Å². The highest BCUT2D eigenvalue weighted by molar-refractivity contribution is 6.35. The van der Waals surface area contributed by atoms with Crippen LogP contribution in [-0.4, -0.2) is 46.3 Å². The van der Waals surface area contributed by atoms with E-state index in [1.54, 1.807) is 12.3 Å². The van der Waals surface area contributed by atoms with Crippen molar-refractivity contribution in [2.24, 2.45) is 0 Å². The van der Waals surface area contributed by atoms with E-state index in [0.717, 1.165) is 11.8 Å². The molecule has 1 saturated heterocycles. The van der Waals surface area contributed by atoms with Gasteiger partial charge in [-0.1, -0.05) is 18.5 Å². The molecule has 1 atom stereocenters. The number of amides is 1. The number of morpholine rings is 1. The average Bonchev–Trinajstić information content (AvgIpc) is 2.95. The van der Waals surface area contributed by atoms with Crippen molar-refractivity contribution in [1.82, 2.24) is 15.1 Å². The van der Waals surface area contributed by atoms with Crippen molar-refractivity contribution in [2.45, 2.75) is 25.9 Å². The van der Waals surface area contributed by atoms with Gasteiger partial charge in [-0.05, 0) is 25.5 Å². The third-order valence-electron chi connectivity index (χ3n) is 4.15. The van der Waals surface area contributed by atoms with Gasteiger partial charge in [0.05, 0.1) is 34.5 Å². The largest absolute Gasteiger partial charge is 0.372 e. The summed E-state index contributed by atoms with van der Waals surface area (Å²) in [4.78, 5) is 14.7. The summed E-state index contributed by atoms with van der Waals surface area (Å²) in [5.74, 6) is -0.0715. The molecule has 0 saturated carbocycles. The second-order valence-corrected chi connectivity index (χ2v) is 6.04. The SMILES string of the molecule is CCC1(C)CN(C(=O)c2c(Cl)ccc3cn[nH]c23)CCO1. The van der Waals surface area contributed by atoms with E-state index in [2.05, 4.69) is 17.1 Å². The van der Waals surface area contributed by atoms with E-state index in [9.17, 15) is 4.79 Å². The Hall–Kier alpha value is -1.59. The smallest absolute Gasteiger partial charge is 0.257 e. The fourth-order valence-corrected chi connectivity index (χ4v) is 2.91. The van der Waals surface area contributed by atoms with Gasteiger partial charge in [0.15, 0.2) is 0 Å². The lowest BCUT2D eigenvalue weighted by Gasteiger charge is -2.40. The third kappa shape index (κ3) is 2.51. The molecule has 112 valence electrons. The summed E-state index contributed by atoms with van der Waals surface area (Å²) in [6.07, 6.45) is 2.55. The van der Waals surface area contributed by atoms with E-state index in [0.29, 0.717) is 35.8 Å². The molecule has 6 heteroatoms. The predicted octanol–water partition coefficient (Wildman–Crippen LogP) is 2.86. The van der Waals surface area contributed by atoms with Gasteiger partial charge in [0, 0.05) is 18.5 Å². The first kappa shape index (κ1) is 14.4. The van der Waals surface area contributed by atoms with Crippen molar-refractivity contribution in [2.75, 3.05) is 19.7 Å². The van der Waals surface area contributed by atoms with E-state index >= 15 is 0 Å². The van der Waals surface area contributed by atoms with Crippen molar-refractivity contribution in [3.8, 4) is 0 Å². The number of hydrogen-bond donors (Lipinski definition) is 1. The molecule has 0 spiro atoms. The number of aromatic amines is 1. The Kier molecular flexibility index (Phi) is 3.63. The molecule has 0 aliphatic carbocycles. The van der Waals surface area contributed by atoms with Crippen molar-refractivity contribution in [3.63, 3.8) is 0 Å². The minimum atomic E-state index is -0.289. The quantitative estimate of drug-likeness (QED) is 0.928. The van der Waals surface area contributed by atoms with Gasteiger partial charge in [0.2, 0.25) is 0 Å². The Morgan fingerprint density at radius 1 is 1.57 bits per heavy atom. The number of halogens is 1. The summed E-state index contributed by atoms with van der Waals surface area (Å²) < 4.78 is 5.79. The number of carbonyl (C=O) groups is 1. The van der Waals surface area contributed by atoms with Gasteiger partial charge in [0.25, 0.3) is 5.91 Å². The zero-order valence-electron chi connectivity index (χ0n) is 12.1. The van der Waals surface area contributed by atoms with E-state index in [1.807, 2.05) is 17.9 Å². The van der Waals surface area contributed by atoms with Gasteiger partial charge in [0.1, 0.15) is 0 Å². The van der Waals surface area contributed by atoms with Crippen LogP contribution in [0.5, 0.6) is 0 Å². The summed E-state index contributed by atoms with van der Waals surface area (Å²) in [6, 6.07) is 3.60. The molecule has 1 aliphatic heterocycles. The number of nitrogens with one attached hydrogen (secondary N) is 1. The third-order valence-corrected chi connectivity index (χ3v) is 4.47. The minimum Gasteiger partial charge on any atom is -0.372 e. The number of fused-ring (bicyclic) bond motifs is 1. The van der Waals surface area contributed by atoms with Crippen LogP contribution in [0.15, 0.2) is 18.3 Å². The maximum absolute atomic E-state index is 12.9. The number of nitrogens with zero attached hydrogens (tertiary/aromatic N) is 2. The molecule has 2 heterocycles. The number of benzene rings is 1. The second kappa shape index (κ2) is 5.31. The van der Waals surface area contributed by atoms with E-state index < -0.39 is 0 Å². The Balaban J connectivity index is 1.97. The maximum atomic E-state index is 12.9. The summed E-state index contributed by atoms with van der Waals surface area (Å²) in [6.45, 7) is 5.80. The van der Waals surface area contributed by atoms with Crippen LogP contribution in [0, 0.1) is 0 Å². The number of hydrogen-bond acceptors (Lipinski definition) is 3. The lowest BCUT2D eigenvalue weighted by molar-refractivity contribution is -0.0897. The summed E-state index contributed by atoms with van der Waals surface area (Å²) in [5, 5.41) is 8.20. The Labute approximate surface area is 128 Å². The van der Waals surface area contributed by atoms with Crippen LogP contribution >= 0.6 is 11.6 Å². The van der Waals surface area contributed by atoms with E-state index in [4.69, 9.17) is 16.3 Å². The summed E-state index contributed by atoms with van der Waals surface area (Å²) >= 11 is 6.25. The van der Waals surface area contributed by atoms with Crippen LogP contribution in [0.4, 0.5) is 0 Å². The normalized spacial score (nSPS) is 22.7. The minimum absolute atomic E-state index is 0.0715. The number of H-pyrrole nitrogens is 1. The lowest BCUT2D eigenvalue weighted by atomic mass is 10.00. The second-order valence-electron chi connectivity index (χ2n) is 5.64. The molecule has 1 aromatic carbocycles. The van der Waals surface area contributed by atoms with Crippen LogP contribution in [0.3, 0.4) is 0 Å². The van der Waals surface area contributed by atoms with Crippen molar-refractivity contribution < 1.29 is 9.53 Å². The molecule has 1 fully saturated rings. The van der Waals surface area contributed by atoms with Crippen molar-refractivity contribution in [3.05, 3.63) is 28.9 Å². The molecule has 1 unspecified atom stereocenters. The molecule has 2 aromatic rings. The van der Waals surface area contributed by atoms with Gasteiger partial charge in [-0.15, -0.1) is 0 Å². The summed E-state index contributed by atoms with van der Waals surface area (Å²) in [5.41, 5.74) is 0.895. The van der Waals surface area contributed by atoms with Gasteiger partial charge >= 0.3 is 0 Å². The zero-order valence-corrected chi connectivity index (χ0v) is 12.9. The molecule has 0 radical (unpaired) electrons. The monoisotopic (exact) mass is 307 g/mol. The van der Waals surface area contributed by atoms with E-state index in [-0.39, 0.29) is 11.5 Å². The number of aromatic nitrogens is 2. The molecule has 3 rings (SSSR count). The molecule has 5 nitrogen and oxygen atoms in total.